The Balaban J connectivity index is 2.31. The molecule has 1 heterocycles. The Bertz CT molecular complexity index is 485. The second-order valence-electron chi connectivity index (χ2n) is 6.73. The van der Waals surface area contributed by atoms with Gasteiger partial charge in [-0.25, -0.2) is 8.42 Å². The molecule has 0 saturated carbocycles. The van der Waals surface area contributed by atoms with Gasteiger partial charge in [0.2, 0.25) is 0 Å². The van der Waals surface area contributed by atoms with Crippen molar-refractivity contribution in [1.29, 1.82) is 0 Å². The van der Waals surface area contributed by atoms with Crippen LogP contribution in [-0.2, 0) is 14.6 Å². The number of carboxylic acids is 1. The fraction of sp³-hybridized carbons (Fsp3) is 0.833. The molecule has 0 unspecified atom stereocenters. The summed E-state index contributed by atoms with van der Waals surface area (Å²) in [6.45, 7) is 2.13. The molecular weight excluding hydrogens is 344 g/mol. The van der Waals surface area contributed by atoms with Gasteiger partial charge >= 0.3 is 5.97 Å². The molecule has 2 atom stereocenters. The third-order valence-corrected chi connectivity index (χ3v) is 7.65. The second-order valence-corrected chi connectivity index (χ2v) is 10.0. The Morgan fingerprint density at radius 3 is 2.58 bits per heavy atom. The Labute approximate surface area is 151 Å². The van der Waals surface area contributed by atoms with Crippen LogP contribution in [0.15, 0.2) is 12.2 Å². The number of aliphatic carboxylic acids is 1. The van der Waals surface area contributed by atoms with E-state index in [1.165, 1.54) is 0 Å². The molecule has 0 aliphatic carbocycles. The highest BCUT2D eigenvalue weighted by Gasteiger charge is 2.30. The van der Waals surface area contributed by atoms with E-state index in [0.717, 1.165) is 50.0 Å². The van der Waals surface area contributed by atoms with Gasteiger partial charge < -0.3 is 5.11 Å². The summed E-state index contributed by atoms with van der Waals surface area (Å²) < 4.78 is 24.6. The van der Waals surface area contributed by atoms with Crippen LogP contribution in [0.4, 0.5) is 0 Å². The zero-order valence-electron chi connectivity index (χ0n) is 14.8. The summed E-state index contributed by atoms with van der Waals surface area (Å²) in [6.07, 6.45) is 10.8. The average Bonchev–Trinajstić information content (AvgIpc) is 2.93. The van der Waals surface area contributed by atoms with E-state index in [2.05, 4.69) is 13.0 Å². The van der Waals surface area contributed by atoms with Crippen LogP contribution in [-0.4, -0.2) is 42.5 Å². The molecule has 140 valence electrons. The molecule has 1 aliphatic rings. The molecule has 1 aliphatic heterocycles. The molecule has 1 saturated heterocycles. The molecule has 0 radical (unpaired) electrons. The minimum absolute atomic E-state index is 0.211. The minimum atomic E-state index is -2.93. The fourth-order valence-electron chi connectivity index (χ4n) is 3.01. The van der Waals surface area contributed by atoms with E-state index in [-0.39, 0.29) is 12.3 Å². The van der Waals surface area contributed by atoms with E-state index in [4.69, 9.17) is 5.11 Å². The summed E-state index contributed by atoms with van der Waals surface area (Å²) in [4.78, 5) is 10.4. The first-order valence-electron chi connectivity index (χ1n) is 9.09. The van der Waals surface area contributed by atoms with E-state index < -0.39 is 15.8 Å². The molecule has 0 aromatic heterocycles. The number of carboxylic acid groups (broad SMARTS) is 1. The van der Waals surface area contributed by atoms with Crippen LogP contribution in [0.25, 0.3) is 0 Å². The minimum Gasteiger partial charge on any atom is -0.481 e. The van der Waals surface area contributed by atoms with E-state index in [0.29, 0.717) is 23.8 Å². The van der Waals surface area contributed by atoms with Crippen molar-refractivity contribution in [2.75, 3.05) is 23.0 Å². The topological polar surface area (TPSA) is 71.4 Å². The summed E-state index contributed by atoms with van der Waals surface area (Å²) in [5.74, 6) is 2.63. The average molecular weight is 377 g/mol. The fourth-order valence-corrected chi connectivity index (χ4v) is 6.55. The van der Waals surface area contributed by atoms with Crippen LogP contribution in [0.1, 0.15) is 58.3 Å². The lowest BCUT2D eigenvalue weighted by Crippen LogP contribution is -2.24. The van der Waals surface area contributed by atoms with Crippen molar-refractivity contribution >= 4 is 27.6 Å². The Kier molecular flexibility index (Phi) is 10.7. The summed E-state index contributed by atoms with van der Waals surface area (Å²) in [5, 5.41) is 8.59. The predicted molar refractivity (Wildman–Crippen MR) is 102 cm³/mol. The molecule has 0 aromatic rings. The molecule has 6 heteroatoms. The molecule has 0 bridgehead atoms. The Hall–Kier alpha value is -0.490. The van der Waals surface area contributed by atoms with Crippen LogP contribution in [0, 0.1) is 11.8 Å². The van der Waals surface area contributed by atoms with E-state index in [1.807, 2.05) is 17.8 Å². The monoisotopic (exact) mass is 376 g/mol. The van der Waals surface area contributed by atoms with Crippen molar-refractivity contribution in [1.82, 2.24) is 0 Å². The maximum Gasteiger partial charge on any atom is 0.303 e. The first-order chi connectivity index (χ1) is 11.4. The third-order valence-electron chi connectivity index (χ3n) is 4.47. The molecule has 24 heavy (non-hydrogen) atoms. The number of sulfone groups is 1. The third kappa shape index (κ3) is 9.72. The van der Waals surface area contributed by atoms with Crippen LogP contribution in [0.5, 0.6) is 0 Å². The van der Waals surface area contributed by atoms with Gasteiger partial charge in [0, 0.05) is 6.42 Å². The number of allylic oxidation sites excluding steroid dienone is 2. The molecule has 0 amide bonds. The van der Waals surface area contributed by atoms with Crippen molar-refractivity contribution in [3.8, 4) is 0 Å². The van der Waals surface area contributed by atoms with E-state index in [1.54, 1.807) is 0 Å². The Morgan fingerprint density at radius 2 is 1.88 bits per heavy atom. The van der Waals surface area contributed by atoms with Crippen LogP contribution >= 0.6 is 11.8 Å². The first-order valence-corrected chi connectivity index (χ1v) is 12.1. The lowest BCUT2D eigenvalue weighted by atomic mass is 9.94. The van der Waals surface area contributed by atoms with Gasteiger partial charge in [0.05, 0.1) is 11.5 Å². The number of unbranched alkanes of at least 4 members (excludes halogenated alkanes) is 4. The maximum atomic E-state index is 12.3. The van der Waals surface area contributed by atoms with Gasteiger partial charge in [-0.1, -0.05) is 38.3 Å². The van der Waals surface area contributed by atoms with Crippen LogP contribution in [0.2, 0.25) is 0 Å². The zero-order chi connectivity index (χ0) is 17.8. The number of rotatable bonds is 13. The first kappa shape index (κ1) is 21.6. The quantitative estimate of drug-likeness (QED) is 0.386. The van der Waals surface area contributed by atoms with E-state index in [9.17, 15) is 13.2 Å². The van der Waals surface area contributed by atoms with Gasteiger partial charge in [0.15, 0.2) is 9.84 Å². The summed E-state index contributed by atoms with van der Waals surface area (Å²) >= 11 is 1.86. The maximum absolute atomic E-state index is 12.3. The lowest BCUT2D eigenvalue weighted by molar-refractivity contribution is -0.137. The lowest BCUT2D eigenvalue weighted by Gasteiger charge is -2.17. The molecule has 1 N–H and O–H groups in total. The zero-order valence-corrected chi connectivity index (χ0v) is 16.4. The standard InChI is InChI=1S/C18H32O4S2/c1-2-3-4-9-12-24(21,22)15-17-14-23-13-16(17)10-7-5-6-8-11-18(19)20/h5,7,16-17H,2-4,6,8-15H2,1H3,(H,19,20)/t16-,17-/m0/s1. The highest BCUT2D eigenvalue weighted by atomic mass is 32.2. The number of thioether (sulfide) groups is 1. The molecule has 1 fully saturated rings. The summed E-state index contributed by atoms with van der Waals surface area (Å²) in [5.41, 5.74) is 0. The normalized spacial score (nSPS) is 21.5. The number of hydrogen-bond acceptors (Lipinski definition) is 4. The molecule has 0 aromatic carbocycles. The van der Waals surface area contributed by atoms with Crippen molar-refractivity contribution in [2.24, 2.45) is 11.8 Å². The Morgan fingerprint density at radius 1 is 1.12 bits per heavy atom. The molecule has 0 spiro atoms. The van der Waals surface area contributed by atoms with Crippen LogP contribution in [0.3, 0.4) is 0 Å². The van der Waals surface area contributed by atoms with E-state index >= 15 is 0 Å². The summed E-state index contributed by atoms with van der Waals surface area (Å²) in [7, 11) is -2.93. The van der Waals surface area contributed by atoms with Gasteiger partial charge in [-0.05, 0) is 49.0 Å². The molecule has 4 nitrogen and oxygen atoms in total. The second kappa shape index (κ2) is 12.0. The molecular formula is C18H32O4S2. The smallest absolute Gasteiger partial charge is 0.303 e. The number of hydrogen-bond donors (Lipinski definition) is 1. The highest BCUT2D eigenvalue weighted by molar-refractivity contribution is 7.99. The van der Waals surface area contributed by atoms with Gasteiger partial charge in [-0.3, -0.25) is 4.79 Å². The van der Waals surface area contributed by atoms with Crippen molar-refractivity contribution < 1.29 is 18.3 Å². The van der Waals surface area contributed by atoms with Gasteiger partial charge in [-0.15, -0.1) is 0 Å². The van der Waals surface area contributed by atoms with Crippen molar-refractivity contribution in [3.63, 3.8) is 0 Å². The molecule has 1 rings (SSSR count). The predicted octanol–water partition coefficient (Wildman–Crippen LogP) is 4.16. The van der Waals surface area contributed by atoms with Gasteiger partial charge in [0.1, 0.15) is 0 Å². The highest BCUT2D eigenvalue weighted by Crippen LogP contribution is 2.33. The van der Waals surface area contributed by atoms with Crippen LogP contribution < -0.4 is 0 Å². The number of carbonyl (C=O) groups is 1. The van der Waals surface area contributed by atoms with Crippen molar-refractivity contribution in [2.45, 2.75) is 58.3 Å². The van der Waals surface area contributed by atoms with Gasteiger partial charge in [0.25, 0.3) is 0 Å². The van der Waals surface area contributed by atoms with Gasteiger partial charge in [-0.2, -0.15) is 11.8 Å². The largest absolute Gasteiger partial charge is 0.481 e. The summed E-state index contributed by atoms with van der Waals surface area (Å²) in [6, 6.07) is 0. The van der Waals surface area contributed by atoms with Crippen molar-refractivity contribution in [3.05, 3.63) is 12.2 Å². The SMILES string of the molecule is CCCCCCS(=O)(=O)C[C@@H]1CSC[C@@H]1CC=CCCCC(=O)O.